The predicted octanol–water partition coefficient (Wildman–Crippen LogP) is 14.7. The molecule has 1 unspecified atom stereocenters. The van der Waals surface area contributed by atoms with E-state index in [2.05, 4.69) is 27.7 Å². The third-order valence-corrected chi connectivity index (χ3v) is 10.9. The van der Waals surface area contributed by atoms with E-state index < -0.39 is 6.10 Å². The summed E-state index contributed by atoms with van der Waals surface area (Å²) >= 11 is 0. The molecule has 0 aliphatic carbocycles. The van der Waals surface area contributed by atoms with E-state index in [9.17, 15) is 14.4 Å². The summed E-state index contributed by atoms with van der Waals surface area (Å²) in [4.78, 5) is 37.7. The zero-order valence-electron chi connectivity index (χ0n) is 36.0. The maximum absolute atomic E-state index is 12.7. The van der Waals surface area contributed by atoms with Gasteiger partial charge in [-0.2, -0.15) is 0 Å². The summed E-state index contributed by atoms with van der Waals surface area (Å²) in [5, 5.41) is 0. The van der Waals surface area contributed by atoms with Crippen LogP contribution in [0.3, 0.4) is 0 Å². The number of ether oxygens (including phenoxy) is 3. The molecule has 0 saturated carbocycles. The Labute approximate surface area is 329 Å². The van der Waals surface area contributed by atoms with Crippen molar-refractivity contribution in [2.24, 2.45) is 5.92 Å². The Morgan fingerprint density at radius 3 is 0.981 bits per heavy atom. The van der Waals surface area contributed by atoms with Crippen molar-refractivity contribution in [1.29, 1.82) is 0 Å². The highest BCUT2D eigenvalue weighted by Gasteiger charge is 2.19. The molecule has 314 valence electrons. The Morgan fingerprint density at radius 1 is 0.377 bits per heavy atom. The van der Waals surface area contributed by atoms with Crippen molar-refractivity contribution in [2.45, 2.75) is 265 Å². The van der Waals surface area contributed by atoms with Gasteiger partial charge in [0.25, 0.3) is 0 Å². The van der Waals surface area contributed by atoms with Crippen molar-refractivity contribution >= 4 is 17.9 Å². The second-order valence-corrected chi connectivity index (χ2v) is 16.3. The third kappa shape index (κ3) is 39.9. The van der Waals surface area contributed by atoms with E-state index in [1.807, 2.05) is 0 Å². The van der Waals surface area contributed by atoms with Gasteiger partial charge in [-0.05, 0) is 25.2 Å². The molecule has 0 aliphatic heterocycles. The highest BCUT2D eigenvalue weighted by molar-refractivity contribution is 5.71. The number of carbonyl (C=O) groups is 3. The van der Waals surface area contributed by atoms with Crippen molar-refractivity contribution < 1.29 is 28.6 Å². The fourth-order valence-corrected chi connectivity index (χ4v) is 6.95. The smallest absolute Gasteiger partial charge is 0.306 e. The van der Waals surface area contributed by atoms with Crippen LogP contribution in [0.15, 0.2) is 0 Å². The van der Waals surface area contributed by atoms with E-state index in [0.717, 1.165) is 63.7 Å². The molecule has 0 fully saturated rings. The molecule has 0 spiro atoms. The van der Waals surface area contributed by atoms with Crippen LogP contribution in [0, 0.1) is 5.92 Å². The van der Waals surface area contributed by atoms with Crippen LogP contribution in [0.4, 0.5) is 0 Å². The van der Waals surface area contributed by atoms with Gasteiger partial charge < -0.3 is 14.2 Å². The number of hydrogen-bond acceptors (Lipinski definition) is 6. The van der Waals surface area contributed by atoms with E-state index in [4.69, 9.17) is 14.2 Å². The number of hydrogen-bond donors (Lipinski definition) is 0. The SMILES string of the molecule is CCCCCCCCCCCCCCC(=O)OC[C@@H](COC(=O)CCCCCCCCCCCCC)OC(=O)CCCCCCCCCCC(C)CC. The van der Waals surface area contributed by atoms with Crippen molar-refractivity contribution in [1.82, 2.24) is 0 Å². The highest BCUT2D eigenvalue weighted by Crippen LogP contribution is 2.17. The van der Waals surface area contributed by atoms with Crippen LogP contribution in [0.5, 0.6) is 0 Å². The average Bonchev–Trinajstić information content (AvgIpc) is 3.15. The zero-order valence-corrected chi connectivity index (χ0v) is 36.0. The molecule has 0 aliphatic rings. The van der Waals surface area contributed by atoms with Crippen LogP contribution in [0.1, 0.15) is 259 Å². The van der Waals surface area contributed by atoms with Gasteiger partial charge in [0.05, 0.1) is 0 Å². The molecule has 0 bridgehead atoms. The summed E-state index contributed by atoms with van der Waals surface area (Å²) in [7, 11) is 0. The van der Waals surface area contributed by atoms with Crippen LogP contribution in [-0.4, -0.2) is 37.2 Å². The van der Waals surface area contributed by atoms with Gasteiger partial charge in [-0.15, -0.1) is 0 Å². The zero-order chi connectivity index (χ0) is 38.9. The van der Waals surface area contributed by atoms with Crippen molar-refractivity contribution in [3.63, 3.8) is 0 Å². The summed E-state index contributed by atoms with van der Waals surface area (Å²) in [5.41, 5.74) is 0. The summed E-state index contributed by atoms with van der Waals surface area (Å²) in [6, 6.07) is 0. The summed E-state index contributed by atoms with van der Waals surface area (Å²) in [5.74, 6) is -0.00912. The maximum atomic E-state index is 12.7. The quantitative estimate of drug-likeness (QED) is 0.0351. The summed E-state index contributed by atoms with van der Waals surface area (Å²) in [6.45, 7) is 9.00. The lowest BCUT2D eigenvalue weighted by Crippen LogP contribution is -2.30. The number of unbranched alkanes of at least 4 members (excludes halogenated alkanes) is 28. The van der Waals surface area contributed by atoms with Crippen LogP contribution in [0.25, 0.3) is 0 Å². The van der Waals surface area contributed by atoms with Gasteiger partial charge >= 0.3 is 17.9 Å². The fourth-order valence-electron chi connectivity index (χ4n) is 6.95. The molecule has 0 radical (unpaired) electrons. The molecular formula is C47H90O6. The number of rotatable bonds is 42. The monoisotopic (exact) mass is 751 g/mol. The summed E-state index contributed by atoms with van der Waals surface area (Å²) < 4.78 is 16.7. The third-order valence-electron chi connectivity index (χ3n) is 10.9. The van der Waals surface area contributed by atoms with E-state index in [1.54, 1.807) is 0 Å². The minimum atomic E-state index is -0.759. The molecule has 6 nitrogen and oxygen atoms in total. The lowest BCUT2D eigenvalue weighted by Gasteiger charge is -2.18. The minimum Gasteiger partial charge on any atom is -0.462 e. The van der Waals surface area contributed by atoms with E-state index >= 15 is 0 Å². The maximum Gasteiger partial charge on any atom is 0.306 e. The van der Waals surface area contributed by atoms with Crippen LogP contribution >= 0.6 is 0 Å². The minimum absolute atomic E-state index is 0.0639. The molecule has 0 rings (SSSR count). The number of esters is 3. The standard InChI is InChI=1S/C47H90O6/c1-5-8-10-12-14-16-18-20-22-27-31-35-39-46(49)52-42-44(41-51-45(48)38-34-30-26-21-19-17-15-13-11-9-6-2)53-47(50)40-36-32-28-24-23-25-29-33-37-43(4)7-3/h43-44H,5-42H2,1-4H3/t43?,44-/m1/s1. The lowest BCUT2D eigenvalue weighted by atomic mass is 9.99. The first kappa shape index (κ1) is 51.4. The van der Waals surface area contributed by atoms with Crippen molar-refractivity contribution in [3.05, 3.63) is 0 Å². The summed E-state index contributed by atoms with van der Waals surface area (Å²) in [6.07, 6.45) is 40.7. The first-order chi connectivity index (χ1) is 25.9. The molecule has 0 aromatic carbocycles. The van der Waals surface area contributed by atoms with Crippen LogP contribution in [-0.2, 0) is 28.6 Å². The molecule has 0 heterocycles. The number of carbonyl (C=O) groups excluding carboxylic acids is 3. The molecule has 0 aromatic heterocycles. The molecular weight excluding hydrogens is 661 g/mol. The molecule has 0 saturated heterocycles. The Kier molecular flexibility index (Phi) is 40.3. The topological polar surface area (TPSA) is 78.9 Å². The largest absolute Gasteiger partial charge is 0.462 e. The van der Waals surface area contributed by atoms with E-state index in [0.29, 0.717) is 19.3 Å². The van der Waals surface area contributed by atoms with Gasteiger partial charge in [0, 0.05) is 19.3 Å². The Hall–Kier alpha value is -1.59. The first-order valence-corrected chi connectivity index (χ1v) is 23.4. The van der Waals surface area contributed by atoms with Gasteiger partial charge in [-0.25, -0.2) is 0 Å². The Morgan fingerprint density at radius 2 is 0.660 bits per heavy atom. The first-order valence-electron chi connectivity index (χ1n) is 23.4. The second kappa shape index (κ2) is 41.6. The van der Waals surface area contributed by atoms with Gasteiger partial charge in [0.1, 0.15) is 13.2 Å². The van der Waals surface area contributed by atoms with Crippen LogP contribution in [0.2, 0.25) is 0 Å². The van der Waals surface area contributed by atoms with E-state index in [-0.39, 0.29) is 31.1 Å². The van der Waals surface area contributed by atoms with Crippen molar-refractivity contribution in [2.75, 3.05) is 13.2 Å². The molecule has 53 heavy (non-hydrogen) atoms. The predicted molar refractivity (Wildman–Crippen MR) is 224 cm³/mol. The van der Waals surface area contributed by atoms with Gasteiger partial charge in [0.2, 0.25) is 0 Å². The molecule has 0 N–H and O–H groups in total. The van der Waals surface area contributed by atoms with Gasteiger partial charge in [0.15, 0.2) is 6.10 Å². The highest BCUT2D eigenvalue weighted by atomic mass is 16.6. The molecule has 2 atom stereocenters. The van der Waals surface area contributed by atoms with Gasteiger partial charge in [-0.1, -0.05) is 220 Å². The molecule has 0 amide bonds. The van der Waals surface area contributed by atoms with Crippen molar-refractivity contribution in [3.8, 4) is 0 Å². The fraction of sp³-hybridized carbons (Fsp3) is 0.936. The van der Waals surface area contributed by atoms with Crippen LogP contribution < -0.4 is 0 Å². The van der Waals surface area contributed by atoms with Gasteiger partial charge in [-0.3, -0.25) is 14.4 Å². The molecule has 0 aromatic rings. The Balaban J connectivity index is 4.34. The lowest BCUT2D eigenvalue weighted by molar-refractivity contribution is -0.167. The Bertz CT molecular complexity index is 798. The average molecular weight is 751 g/mol. The van der Waals surface area contributed by atoms with E-state index in [1.165, 1.54) is 154 Å². The second-order valence-electron chi connectivity index (χ2n) is 16.3. The molecule has 6 heteroatoms. The normalized spacial score (nSPS) is 12.5.